The standard InChI is InChI=1S/C18H22N2O4S2/c1-13-8-9-16(24-3)17(10-13)26(22,23)20(2)12-18(21)19-14-6-5-7-15(11-14)25-4/h5-11H,12H2,1-4H3,(H,19,21). The van der Waals surface area contributed by atoms with E-state index in [1.807, 2.05) is 24.5 Å². The molecule has 2 aromatic carbocycles. The first-order chi connectivity index (χ1) is 12.3. The Morgan fingerprint density at radius 2 is 1.96 bits per heavy atom. The van der Waals surface area contributed by atoms with Gasteiger partial charge in [0.1, 0.15) is 10.6 Å². The lowest BCUT2D eigenvalue weighted by molar-refractivity contribution is -0.116. The van der Waals surface area contributed by atoms with Gasteiger partial charge in [-0.3, -0.25) is 4.79 Å². The van der Waals surface area contributed by atoms with E-state index in [0.717, 1.165) is 14.8 Å². The number of methoxy groups -OCH3 is 1. The minimum absolute atomic E-state index is 0.0414. The number of likely N-dealkylation sites (N-methyl/N-ethyl adjacent to an activating group) is 1. The normalized spacial score (nSPS) is 11.4. The van der Waals surface area contributed by atoms with Gasteiger partial charge in [-0.25, -0.2) is 8.42 Å². The summed E-state index contributed by atoms with van der Waals surface area (Å²) >= 11 is 1.56. The zero-order valence-corrected chi connectivity index (χ0v) is 16.8. The van der Waals surface area contributed by atoms with Crippen molar-refractivity contribution < 1.29 is 17.9 Å². The maximum Gasteiger partial charge on any atom is 0.246 e. The lowest BCUT2D eigenvalue weighted by Gasteiger charge is -2.19. The molecule has 140 valence electrons. The number of anilines is 1. The van der Waals surface area contributed by atoms with Crippen molar-refractivity contribution in [3.05, 3.63) is 48.0 Å². The number of nitrogens with zero attached hydrogens (tertiary/aromatic N) is 1. The molecule has 0 aliphatic heterocycles. The van der Waals surface area contributed by atoms with Gasteiger partial charge in [0.25, 0.3) is 0 Å². The Balaban J connectivity index is 2.16. The van der Waals surface area contributed by atoms with E-state index in [0.29, 0.717) is 5.69 Å². The molecule has 0 aromatic heterocycles. The van der Waals surface area contributed by atoms with Crippen LogP contribution in [0.2, 0.25) is 0 Å². The number of thioether (sulfide) groups is 1. The van der Waals surface area contributed by atoms with E-state index < -0.39 is 15.9 Å². The summed E-state index contributed by atoms with van der Waals surface area (Å²) in [5.41, 5.74) is 1.41. The topological polar surface area (TPSA) is 75.7 Å². The van der Waals surface area contributed by atoms with Crippen LogP contribution >= 0.6 is 11.8 Å². The summed E-state index contributed by atoms with van der Waals surface area (Å²) in [4.78, 5) is 13.3. The molecule has 0 saturated heterocycles. The smallest absolute Gasteiger partial charge is 0.246 e. The summed E-state index contributed by atoms with van der Waals surface area (Å²) in [5.74, 6) is -0.170. The zero-order valence-electron chi connectivity index (χ0n) is 15.1. The Morgan fingerprint density at radius 1 is 1.23 bits per heavy atom. The number of carbonyl (C=O) groups excluding carboxylic acids is 1. The fraction of sp³-hybridized carbons (Fsp3) is 0.278. The summed E-state index contributed by atoms with van der Waals surface area (Å²) in [5, 5.41) is 2.72. The van der Waals surface area contributed by atoms with Crippen LogP contribution in [0, 0.1) is 6.92 Å². The molecule has 0 atom stereocenters. The molecule has 0 radical (unpaired) electrons. The van der Waals surface area contributed by atoms with Crippen molar-refractivity contribution >= 4 is 33.4 Å². The van der Waals surface area contributed by atoms with Crippen LogP contribution in [-0.4, -0.2) is 45.6 Å². The molecule has 0 aliphatic carbocycles. The minimum atomic E-state index is -3.86. The zero-order chi connectivity index (χ0) is 19.3. The van der Waals surface area contributed by atoms with E-state index in [1.54, 1.807) is 36.9 Å². The summed E-state index contributed by atoms with van der Waals surface area (Å²) in [6, 6.07) is 12.3. The van der Waals surface area contributed by atoms with Crippen molar-refractivity contribution in [3.63, 3.8) is 0 Å². The molecular weight excluding hydrogens is 372 g/mol. The number of hydrogen-bond donors (Lipinski definition) is 1. The maximum atomic E-state index is 12.8. The van der Waals surface area contributed by atoms with Gasteiger partial charge in [-0.2, -0.15) is 4.31 Å². The molecule has 0 spiro atoms. The van der Waals surface area contributed by atoms with E-state index >= 15 is 0 Å². The fourth-order valence-electron chi connectivity index (χ4n) is 2.34. The van der Waals surface area contributed by atoms with Gasteiger partial charge < -0.3 is 10.1 Å². The number of hydrogen-bond acceptors (Lipinski definition) is 5. The molecular formula is C18H22N2O4S2. The predicted molar refractivity (Wildman–Crippen MR) is 104 cm³/mol. The van der Waals surface area contributed by atoms with Gasteiger partial charge in [0.05, 0.1) is 13.7 Å². The first-order valence-corrected chi connectivity index (χ1v) is 10.5. The third-order valence-corrected chi connectivity index (χ3v) is 6.28. The Hall–Kier alpha value is -2.03. The molecule has 0 fully saturated rings. The third kappa shape index (κ3) is 4.78. The van der Waals surface area contributed by atoms with Crippen molar-refractivity contribution in [2.75, 3.05) is 32.3 Å². The number of carbonyl (C=O) groups is 1. The molecule has 1 amide bonds. The molecule has 0 heterocycles. The first kappa shape index (κ1) is 20.3. The van der Waals surface area contributed by atoms with Gasteiger partial charge in [0.2, 0.25) is 15.9 Å². The Bertz CT molecular complexity index is 898. The quantitative estimate of drug-likeness (QED) is 0.731. The first-order valence-electron chi connectivity index (χ1n) is 7.83. The second-order valence-electron chi connectivity index (χ2n) is 5.70. The average Bonchev–Trinajstić information content (AvgIpc) is 2.61. The van der Waals surface area contributed by atoms with Crippen molar-refractivity contribution in [2.24, 2.45) is 0 Å². The van der Waals surface area contributed by atoms with Crippen molar-refractivity contribution in [1.82, 2.24) is 4.31 Å². The van der Waals surface area contributed by atoms with Crippen LogP contribution in [0.3, 0.4) is 0 Å². The highest BCUT2D eigenvalue weighted by Gasteiger charge is 2.26. The fourth-order valence-corrected chi connectivity index (χ4v) is 4.16. The van der Waals surface area contributed by atoms with Crippen molar-refractivity contribution in [2.45, 2.75) is 16.7 Å². The van der Waals surface area contributed by atoms with Crippen molar-refractivity contribution in [3.8, 4) is 5.75 Å². The highest BCUT2D eigenvalue weighted by Crippen LogP contribution is 2.27. The summed E-state index contributed by atoms with van der Waals surface area (Å²) in [6.07, 6.45) is 1.94. The predicted octanol–water partition coefficient (Wildman–Crippen LogP) is 2.98. The molecule has 6 nitrogen and oxygen atoms in total. The number of nitrogens with one attached hydrogen (secondary N) is 1. The number of rotatable bonds is 7. The molecule has 0 bridgehead atoms. The van der Waals surface area contributed by atoms with E-state index in [1.165, 1.54) is 20.2 Å². The highest BCUT2D eigenvalue weighted by atomic mass is 32.2. The van der Waals surface area contributed by atoms with Crippen LogP contribution < -0.4 is 10.1 Å². The van der Waals surface area contributed by atoms with E-state index in [2.05, 4.69) is 5.32 Å². The van der Waals surface area contributed by atoms with Crippen LogP contribution in [0.4, 0.5) is 5.69 Å². The van der Waals surface area contributed by atoms with Crippen LogP contribution in [0.1, 0.15) is 5.56 Å². The van der Waals surface area contributed by atoms with Crippen LogP contribution in [0.5, 0.6) is 5.75 Å². The SMILES string of the molecule is COc1ccc(C)cc1S(=O)(=O)N(C)CC(=O)Nc1cccc(SC)c1. The maximum absolute atomic E-state index is 12.8. The van der Waals surface area contributed by atoms with Crippen LogP contribution in [-0.2, 0) is 14.8 Å². The molecule has 0 saturated carbocycles. The summed E-state index contributed by atoms with van der Waals surface area (Å²) in [7, 11) is -1.08. The van der Waals surface area contributed by atoms with Gasteiger partial charge in [0, 0.05) is 17.6 Å². The minimum Gasteiger partial charge on any atom is -0.495 e. The molecule has 1 N–H and O–H groups in total. The van der Waals surface area contributed by atoms with Crippen LogP contribution in [0.15, 0.2) is 52.3 Å². The van der Waals surface area contributed by atoms with Crippen molar-refractivity contribution in [1.29, 1.82) is 0 Å². The molecule has 2 rings (SSSR count). The summed E-state index contributed by atoms with van der Waals surface area (Å²) in [6.45, 7) is 1.49. The van der Waals surface area contributed by atoms with E-state index in [-0.39, 0.29) is 17.2 Å². The number of benzene rings is 2. The van der Waals surface area contributed by atoms with E-state index in [9.17, 15) is 13.2 Å². The number of aryl methyl sites for hydroxylation is 1. The monoisotopic (exact) mass is 394 g/mol. The van der Waals surface area contributed by atoms with Gasteiger partial charge in [-0.05, 0) is 49.1 Å². The Morgan fingerprint density at radius 3 is 2.62 bits per heavy atom. The highest BCUT2D eigenvalue weighted by molar-refractivity contribution is 7.98. The van der Waals surface area contributed by atoms with Gasteiger partial charge in [-0.1, -0.05) is 12.1 Å². The van der Waals surface area contributed by atoms with E-state index in [4.69, 9.17) is 4.74 Å². The van der Waals surface area contributed by atoms with Gasteiger partial charge >= 0.3 is 0 Å². The molecule has 26 heavy (non-hydrogen) atoms. The third-order valence-electron chi connectivity index (χ3n) is 3.73. The molecule has 2 aromatic rings. The lowest BCUT2D eigenvalue weighted by Crippen LogP contribution is -2.35. The largest absolute Gasteiger partial charge is 0.495 e. The lowest BCUT2D eigenvalue weighted by atomic mass is 10.2. The Labute approximate surface area is 158 Å². The number of sulfonamides is 1. The average molecular weight is 395 g/mol. The second-order valence-corrected chi connectivity index (χ2v) is 8.59. The van der Waals surface area contributed by atoms with Gasteiger partial charge in [0.15, 0.2) is 0 Å². The number of amides is 1. The molecule has 0 unspecified atom stereocenters. The number of ether oxygens (including phenoxy) is 1. The summed E-state index contributed by atoms with van der Waals surface area (Å²) < 4.78 is 31.8. The molecule has 8 heteroatoms. The van der Waals surface area contributed by atoms with Crippen LogP contribution in [0.25, 0.3) is 0 Å². The second kappa shape index (κ2) is 8.57. The molecule has 0 aliphatic rings. The Kier molecular flexibility index (Phi) is 6.69. The van der Waals surface area contributed by atoms with Gasteiger partial charge in [-0.15, -0.1) is 11.8 Å².